The van der Waals surface area contributed by atoms with Gasteiger partial charge in [-0.15, -0.1) is 0 Å². The Morgan fingerprint density at radius 2 is 1.93 bits per heavy atom. The van der Waals surface area contributed by atoms with Gasteiger partial charge in [0, 0.05) is 0 Å². The fourth-order valence-corrected chi connectivity index (χ4v) is 3.37. The summed E-state index contributed by atoms with van der Waals surface area (Å²) in [5, 5.41) is 1.52. The van der Waals surface area contributed by atoms with Gasteiger partial charge >= 0.3 is 5.97 Å². The van der Waals surface area contributed by atoms with Crippen molar-refractivity contribution in [2.75, 3.05) is 7.11 Å². The quantitative estimate of drug-likeness (QED) is 0.589. The fourth-order valence-electron chi connectivity index (χ4n) is 1.46. The third-order valence-electron chi connectivity index (χ3n) is 2.21. The highest BCUT2D eigenvalue weighted by Crippen LogP contribution is 2.17. The Balaban J connectivity index is 3.40. The van der Waals surface area contributed by atoms with E-state index in [0.717, 1.165) is 5.19 Å². The zero-order valence-corrected chi connectivity index (χ0v) is 11.2. The highest BCUT2D eigenvalue weighted by atomic mass is 35.5. The Labute approximate surface area is 96.2 Å². The van der Waals surface area contributed by atoms with E-state index in [-0.39, 0.29) is 5.97 Å². The summed E-state index contributed by atoms with van der Waals surface area (Å²) >= 11 is 6.03. The van der Waals surface area contributed by atoms with Crippen LogP contribution in [0.3, 0.4) is 0 Å². The molecule has 0 saturated carbocycles. The first-order valence-corrected chi connectivity index (χ1v) is 8.63. The van der Waals surface area contributed by atoms with Crippen LogP contribution in [-0.2, 0) is 4.74 Å². The topological polar surface area (TPSA) is 26.3 Å². The monoisotopic (exact) mass is 242 g/mol. The average molecular weight is 243 g/mol. The molecular weight excluding hydrogens is 228 g/mol. The van der Waals surface area contributed by atoms with E-state index < -0.39 is 8.07 Å². The molecule has 0 bridgehead atoms. The summed E-state index contributed by atoms with van der Waals surface area (Å²) in [6, 6.07) is 5.56. The van der Waals surface area contributed by atoms with E-state index >= 15 is 0 Å². The van der Waals surface area contributed by atoms with Crippen LogP contribution in [-0.4, -0.2) is 21.2 Å². The van der Waals surface area contributed by atoms with E-state index in [1.54, 1.807) is 6.07 Å². The fraction of sp³-hybridized carbons (Fsp3) is 0.364. The molecule has 82 valence electrons. The van der Waals surface area contributed by atoms with Crippen LogP contribution in [0, 0.1) is 0 Å². The highest BCUT2D eigenvalue weighted by molar-refractivity contribution is 6.89. The van der Waals surface area contributed by atoms with Gasteiger partial charge in [0.2, 0.25) is 0 Å². The smallest absolute Gasteiger partial charge is 0.339 e. The number of rotatable bonds is 2. The molecule has 15 heavy (non-hydrogen) atoms. The number of benzene rings is 1. The lowest BCUT2D eigenvalue weighted by molar-refractivity contribution is 0.0602. The zero-order chi connectivity index (χ0) is 11.6. The predicted octanol–water partition coefficient (Wildman–Crippen LogP) is 2.67. The van der Waals surface area contributed by atoms with Gasteiger partial charge in [-0.25, -0.2) is 4.79 Å². The standard InChI is InChI=1S/C11H15ClO2Si/c1-14-11(13)10-8(12)6-5-7-9(10)15(2,3)4/h5-7H,1-4H3. The van der Waals surface area contributed by atoms with E-state index in [0.29, 0.717) is 10.6 Å². The Hall–Kier alpha value is -0.803. The van der Waals surface area contributed by atoms with Crippen LogP contribution in [0.5, 0.6) is 0 Å². The number of carbonyl (C=O) groups excluding carboxylic acids is 1. The summed E-state index contributed by atoms with van der Waals surface area (Å²) in [4.78, 5) is 11.6. The molecule has 0 saturated heterocycles. The molecule has 0 aromatic heterocycles. The van der Waals surface area contributed by atoms with Crippen LogP contribution in [0.25, 0.3) is 0 Å². The number of hydrogen-bond donors (Lipinski definition) is 0. The molecule has 4 heteroatoms. The largest absolute Gasteiger partial charge is 0.465 e. The molecule has 0 unspecified atom stereocenters. The minimum atomic E-state index is -1.57. The molecule has 0 aliphatic heterocycles. The molecule has 0 aliphatic rings. The van der Waals surface area contributed by atoms with E-state index in [9.17, 15) is 4.79 Å². The molecule has 0 N–H and O–H groups in total. The Morgan fingerprint density at radius 3 is 2.40 bits per heavy atom. The van der Waals surface area contributed by atoms with Gasteiger partial charge in [0.15, 0.2) is 0 Å². The van der Waals surface area contributed by atoms with Crippen molar-refractivity contribution < 1.29 is 9.53 Å². The molecule has 0 amide bonds. The lowest BCUT2D eigenvalue weighted by Crippen LogP contribution is -2.41. The first-order chi connectivity index (χ1) is 6.88. The minimum Gasteiger partial charge on any atom is -0.465 e. The maximum Gasteiger partial charge on any atom is 0.339 e. The van der Waals surface area contributed by atoms with Gasteiger partial charge in [0.25, 0.3) is 0 Å². The molecule has 1 aromatic rings. The average Bonchev–Trinajstić information content (AvgIpc) is 2.15. The molecule has 2 nitrogen and oxygen atoms in total. The minimum absolute atomic E-state index is 0.349. The Bertz CT molecular complexity index is 383. The summed E-state index contributed by atoms with van der Waals surface area (Å²) < 4.78 is 4.75. The van der Waals surface area contributed by atoms with Crippen LogP contribution >= 0.6 is 11.6 Å². The van der Waals surface area contributed by atoms with Crippen molar-refractivity contribution in [1.82, 2.24) is 0 Å². The van der Waals surface area contributed by atoms with Crippen LogP contribution in [0.4, 0.5) is 0 Å². The Kier molecular flexibility index (Phi) is 3.57. The van der Waals surface area contributed by atoms with Crippen molar-refractivity contribution in [3.63, 3.8) is 0 Å². The molecule has 0 fully saturated rings. The maximum absolute atomic E-state index is 11.6. The van der Waals surface area contributed by atoms with Crippen molar-refractivity contribution >= 4 is 30.8 Å². The number of ether oxygens (including phenoxy) is 1. The maximum atomic E-state index is 11.6. The number of esters is 1. The van der Waals surface area contributed by atoms with Gasteiger partial charge in [-0.05, 0) is 11.3 Å². The van der Waals surface area contributed by atoms with E-state index in [1.165, 1.54) is 7.11 Å². The van der Waals surface area contributed by atoms with E-state index in [1.807, 2.05) is 12.1 Å². The van der Waals surface area contributed by atoms with Crippen molar-refractivity contribution in [1.29, 1.82) is 0 Å². The molecule has 0 aliphatic carbocycles. The summed E-state index contributed by atoms with van der Waals surface area (Å²) in [5.74, 6) is -0.349. The van der Waals surface area contributed by atoms with E-state index in [2.05, 4.69) is 19.6 Å². The third kappa shape index (κ3) is 2.61. The molecule has 0 radical (unpaired) electrons. The molecule has 0 heterocycles. The second-order valence-electron chi connectivity index (χ2n) is 4.40. The second-order valence-corrected chi connectivity index (χ2v) is 9.85. The van der Waals surface area contributed by atoms with Crippen molar-refractivity contribution in [3.8, 4) is 0 Å². The molecule has 1 aromatic carbocycles. The van der Waals surface area contributed by atoms with Gasteiger partial charge in [-0.3, -0.25) is 0 Å². The number of hydrogen-bond acceptors (Lipinski definition) is 2. The summed E-state index contributed by atoms with van der Waals surface area (Å²) in [6.45, 7) is 6.52. The summed E-state index contributed by atoms with van der Waals surface area (Å²) in [7, 11) is -0.199. The van der Waals surface area contributed by atoms with Crippen molar-refractivity contribution in [2.45, 2.75) is 19.6 Å². The lowest BCUT2D eigenvalue weighted by atomic mass is 10.2. The molecule has 0 spiro atoms. The zero-order valence-electron chi connectivity index (χ0n) is 9.43. The number of halogens is 1. The van der Waals surface area contributed by atoms with Crippen LogP contribution in [0.2, 0.25) is 24.7 Å². The first-order valence-electron chi connectivity index (χ1n) is 4.75. The SMILES string of the molecule is COC(=O)c1c(Cl)cccc1[Si](C)(C)C. The van der Waals surface area contributed by atoms with E-state index in [4.69, 9.17) is 16.3 Å². The van der Waals surface area contributed by atoms with Gasteiger partial charge < -0.3 is 4.74 Å². The van der Waals surface area contributed by atoms with Crippen LogP contribution < -0.4 is 5.19 Å². The second kappa shape index (κ2) is 4.37. The lowest BCUT2D eigenvalue weighted by Gasteiger charge is -2.20. The predicted molar refractivity (Wildman–Crippen MR) is 65.8 cm³/mol. The van der Waals surface area contributed by atoms with Gasteiger partial charge in [0.05, 0.1) is 25.8 Å². The summed E-state index contributed by atoms with van der Waals surface area (Å²) in [6.07, 6.45) is 0. The third-order valence-corrected chi connectivity index (χ3v) is 4.56. The molecular formula is C11H15ClO2Si. The number of carbonyl (C=O) groups is 1. The molecule has 1 rings (SSSR count). The van der Waals surface area contributed by atoms with Gasteiger partial charge in [-0.2, -0.15) is 0 Å². The Morgan fingerprint density at radius 1 is 1.33 bits per heavy atom. The van der Waals surface area contributed by atoms with Crippen molar-refractivity contribution in [2.24, 2.45) is 0 Å². The first kappa shape index (κ1) is 12.3. The molecule has 0 atom stereocenters. The van der Waals surface area contributed by atoms with Crippen molar-refractivity contribution in [3.05, 3.63) is 28.8 Å². The van der Waals surface area contributed by atoms with Crippen LogP contribution in [0.1, 0.15) is 10.4 Å². The van der Waals surface area contributed by atoms with Gasteiger partial charge in [-0.1, -0.05) is 43.4 Å². The van der Waals surface area contributed by atoms with Gasteiger partial charge in [0.1, 0.15) is 0 Å². The summed E-state index contributed by atoms with van der Waals surface area (Å²) in [5.41, 5.74) is 0.529. The normalized spacial score (nSPS) is 11.3. The highest BCUT2D eigenvalue weighted by Gasteiger charge is 2.25. The van der Waals surface area contributed by atoms with Crippen LogP contribution in [0.15, 0.2) is 18.2 Å². The number of methoxy groups -OCH3 is 1.